The second kappa shape index (κ2) is 9.02. The second-order valence-electron chi connectivity index (χ2n) is 6.86. The van der Waals surface area contributed by atoms with Crippen molar-refractivity contribution in [3.63, 3.8) is 0 Å². The molecule has 1 aliphatic rings. The lowest BCUT2D eigenvalue weighted by Gasteiger charge is -2.22. The van der Waals surface area contributed by atoms with E-state index in [0.717, 1.165) is 11.6 Å². The van der Waals surface area contributed by atoms with Gasteiger partial charge in [-0.1, -0.05) is 24.3 Å². The van der Waals surface area contributed by atoms with Crippen LogP contribution in [0.1, 0.15) is 28.3 Å². The Balaban J connectivity index is 1.73. The summed E-state index contributed by atoms with van der Waals surface area (Å²) in [5.74, 6) is -6.18. The third-order valence-electron chi connectivity index (χ3n) is 5.07. The molecule has 2 aromatic carbocycles. The van der Waals surface area contributed by atoms with Crippen molar-refractivity contribution in [2.24, 2.45) is 5.92 Å². The first-order valence-electron chi connectivity index (χ1n) is 9.20. The average molecular weight is 419 g/mol. The lowest BCUT2D eigenvalue weighted by Crippen LogP contribution is -2.34. The number of carbonyl (C=O) groups is 2. The van der Waals surface area contributed by atoms with Crippen LogP contribution in [0.5, 0.6) is 5.75 Å². The van der Waals surface area contributed by atoms with E-state index in [2.05, 4.69) is 5.32 Å². The van der Waals surface area contributed by atoms with Crippen molar-refractivity contribution in [1.82, 2.24) is 5.32 Å². The van der Waals surface area contributed by atoms with Gasteiger partial charge in [0.05, 0.1) is 25.7 Å². The third-order valence-corrected chi connectivity index (χ3v) is 5.07. The Labute approximate surface area is 171 Å². The van der Waals surface area contributed by atoms with Gasteiger partial charge in [0.15, 0.2) is 17.5 Å². The molecule has 30 heavy (non-hydrogen) atoms. The maximum absolute atomic E-state index is 13.9. The van der Waals surface area contributed by atoms with Crippen molar-refractivity contribution in [2.45, 2.75) is 18.4 Å². The highest BCUT2D eigenvalue weighted by Gasteiger charge is 2.34. The molecule has 0 aromatic heterocycles. The minimum Gasteiger partial charge on any atom is -0.497 e. The Morgan fingerprint density at radius 1 is 1.00 bits per heavy atom. The van der Waals surface area contributed by atoms with Gasteiger partial charge in [0.25, 0.3) is 5.91 Å². The van der Waals surface area contributed by atoms with Crippen LogP contribution in [0, 0.1) is 23.4 Å². The molecule has 5 nitrogen and oxygen atoms in total. The molecular formula is C22H20F3NO4. The van der Waals surface area contributed by atoms with Crippen molar-refractivity contribution in [3.05, 3.63) is 77.1 Å². The zero-order valence-electron chi connectivity index (χ0n) is 16.3. The lowest BCUT2D eigenvalue weighted by molar-refractivity contribution is -0.143. The number of carbonyl (C=O) groups excluding carboxylic acids is 2. The number of nitrogens with one attached hydrogen (secondary N) is 1. The smallest absolute Gasteiger partial charge is 0.313 e. The van der Waals surface area contributed by atoms with Crippen LogP contribution >= 0.6 is 0 Å². The number of methoxy groups -OCH3 is 2. The largest absolute Gasteiger partial charge is 0.497 e. The monoisotopic (exact) mass is 419 g/mol. The molecular weight excluding hydrogens is 399 g/mol. The summed E-state index contributed by atoms with van der Waals surface area (Å²) < 4.78 is 50.4. The molecule has 3 rings (SSSR count). The molecule has 8 heteroatoms. The molecule has 0 heterocycles. The fraction of sp³-hybridized carbons (Fsp3) is 0.273. The van der Waals surface area contributed by atoms with Crippen LogP contribution in [0.25, 0.3) is 0 Å². The fourth-order valence-corrected chi connectivity index (χ4v) is 3.53. The molecule has 0 bridgehead atoms. The molecule has 3 atom stereocenters. The van der Waals surface area contributed by atoms with Crippen LogP contribution < -0.4 is 10.1 Å². The molecule has 0 saturated carbocycles. The first-order chi connectivity index (χ1) is 14.3. The average Bonchev–Trinajstić information content (AvgIpc) is 3.20. The maximum atomic E-state index is 13.9. The molecule has 0 spiro atoms. The molecule has 0 aliphatic heterocycles. The quantitative estimate of drug-likeness (QED) is 0.440. The van der Waals surface area contributed by atoms with E-state index in [1.807, 2.05) is 0 Å². The normalized spacial score (nSPS) is 18.7. The molecule has 0 saturated heterocycles. The lowest BCUT2D eigenvalue weighted by atomic mass is 9.85. The first kappa shape index (κ1) is 21.4. The number of halogens is 3. The van der Waals surface area contributed by atoms with Gasteiger partial charge >= 0.3 is 5.97 Å². The summed E-state index contributed by atoms with van der Waals surface area (Å²) in [7, 11) is 2.83. The zero-order valence-corrected chi connectivity index (χ0v) is 16.3. The van der Waals surface area contributed by atoms with Gasteiger partial charge in [-0.25, -0.2) is 13.2 Å². The standard InChI is InChI=1S/C22H20F3NO4/c1-29-15-7-4-12(5-8-15)18(22(28)30-2)13-3-6-14(11-13)26-21(27)16-9-10-17(23)20(25)19(16)24/h3-10,13-14,18H,11H2,1-2H3,(H,26,27)/t13-,14+,18+/m0/s1. The van der Waals surface area contributed by atoms with Crippen molar-refractivity contribution in [3.8, 4) is 5.75 Å². The van der Waals surface area contributed by atoms with Gasteiger partial charge in [-0.2, -0.15) is 0 Å². The van der Waals surface area contributed by atoms with Gasteiger partial charge in [0.2, 0.25) is 0 Å². The Morgan fingerprint density at radius 2 is 1.70 bits per heavy atom. The van der Waals surface area contributed by atoms with Crippen LogP contribution in [-0.2, 0) is 9.53 Å². The van der Waals surface area contributed by atoms with Crippen molar-refractivity contribution in [1.29, 1.82) is 0 Å². The summed E-state index contributed by atoms with van der Waals surface area (Å²) in [4.78, 5) is 24.7. The van der Waals surface area contributed by atoms with E-state index in [4.69, 9.17) is 9.47 Å². The number of rotatable bonds is 6. The topological polar surface area (TPSA) is 64.6 Å². The number of allylic oxidation sites excluding steroid dienone is 1. The number of hydrogen-bond donors (Lipinski definition) is 1. The number of benzene rings is 2. The molecule has 0 fully saturated rings. The van der Waals surface area contributed by atoms with E-state index in [1.165, 1.54) is 14.2 Å². The summed E-state index contributed by atoms with van der Waals surface area (Å²) in [5, 5.41) is 2.57. The minimum atomic E-state index is -1.70. The van der Waals surface area contributed by atoms with E-state index >= 15 is 0 Å². The summed E-state index contributed by atoms with van der Waals surface area (Å²) in [6, 6.07) is 8.05. The van der Waals surface area contributed by atoms with Gasteiger partial charge in [0.1, 0.15) is 5.75 Å². The van der Waals surface area contributed by atoms with Crippen molar-refractivity contribution in [2.75, 3.05) is 14.2 Å². The Bertz CT molecular complexity index is 975. The summed E-state index contributed by atoms with van der Waals surface area (Å²) in [5.41, 5.74) is 0.126. The number of ether oxygens (including phenoxy) is 2. The van der Waals surface area contributed by atoms with E-state index in [1.54, 1.807) is 36.4 Å². The van der Waals surface area contributed by atoms with Crippen LogP contribution in [-0.4, -0.2) is 32.1 Å². The minimum absolute atomic E-state index is 0.286. The predicted molar refractivity (Wildman–Crippen MR) is 103 cm³/mol. The predicted octanol–water partition coefficient (Wildman–Crippen LogP) is 3.74. The number of amides is 1. The van der Waals surface area contributed by atoms with E-state index in [9.17, 15) is 22.8 Å². The highest BCUT2D eigenvalue weighted by Crippen LogP contribution is 2.35. The third kappa shape index (κ3) is 4.32. The van der Waals surface area contributed by atoms with Crippen molar-refractivity contribution < 1.29 is 32.2 Å². The van der Waals surface area contributed by atoms with E-state index in [0.29, 0.717) is 18.2 Å². The molecule has 1 N–H and O–H groups in total. The van der Waals surface area contributed by atoms with Crippen LogP contribution in [0.4, 0.5) is 13.2 Å². The molecule has 1 aliphatic carbocycles. The highest BCUT2D eigenvalue weighted by atomic mass is 19.2. The van der Waals surface area contributed by atoms with Crippen LogP contribution in [0.3, 0.4) is 0 Å². The van der Waals surface area contributed by atoms with Crippen LogP contribution in [0.2, 0.25) is 0 Å². The van der Waals surface area contributed by atoms with Crippen molar-refractivity contribution >= 4 is 11.9 Å². The Kier molecular flexibility index (Phi) is 6.44. The zero-order chi connectivity index (χ0) is 21.8. The fourth-order valence-electron chi connectivity index (χ4n) is 3.53. The molecule has 1 amide bonds. The summed E-state index contributed by atoms with van der Waals surface area (Å²) >= 11 is 0. The number of hydrogen-bond acceptors (Lipinski definition) is 4. The maximum Gasteiger partial charge on any atom is 0.313 e. The van der Waals surface area contributed by atoms with Gasteiger partial charge in [-0.15, -0.1) is 0 Å². The summed E-state index contributed by atoms with van der Waals surface area (Å²) in [6.45, 7) is 0. The van der Waals surface area contributed by atoms with Crippen LogP contribution in [0.15, 0.2) is 48.6 Å². The Morgan fingerprint density at radius 3 is 2.33 bits per heavy atom. The molecule has 2 aromatic rings. The van der Waals surface area contributed by atoms with Gasteiger partial charge < -0.3 is 14.8 Å². The highest BCUT2D eigenvalue weighted by molar-refractivity contribution is 5.94. The van der Waals surface area contributed by atoms with Gasteiger partial charge in [-0.05, 0) is 42.2 Å². The van der Waals surface area contributed by atoms with E-state index in [-0.39, 0.29) is 5.92 Å². The Hall–Kier alpha value is -3.29. The van der Waals surface area contributed by atoms with E-state index < -0.39 is 46.9 Å². The first-order valence-corrected chi connectivity index (χ1v) is 9.20. The summed E-state index contributed by atoms with van der Waals surface area (Å²) in [6.07, 6.45) is 3.81. The van der Waals surface area contributed by atoms with Gasteiger partial charge in [0, 0.05) is 6.04 Å². The molecule has 0 radical (unpaired) electrons. The molecule has 0 unspecified atom stereocenters. The van der Waals surface area contributed by atoms with Gasteiger partial charge in [-0.3, -0.25) is 9.59 Å². The second-order valence-corrected chi connectivity index (χ2v) is 6.86. The molecule has 158 valence electrons. The number of esters is 1. The SMILES string of the molecule is COC(=O)[C@H](c1ccc(OC)cc1)[C@H]1C=C[C@@H](NC(=O)c2ccc(F)c(F)c2F)C1.